The highest BCUT2D eigenvalue weighted by Crippen LogP contribution is 2.27. The number of urea groups is 1. The smallest absolute Gasteiger partial charge is 0.322 e. The SMILES string of the molecule is CCN1C=C(C(=O)C=Cc2ccc(Cl)cc2)C(c2ccccc2)NC1=O. The molecule has 132 valence electrons. The first-order valence-electron chi connectivity index (χ1n) is 8.40. The predicted molar refractivity (Wildman–Crippen MR) is 104 cm³/mol. The maximum Gasteiger partial charge on any atom is 0.322 e. The lowest BCUT2D eigenvalue weighted by Crippen LogP contribution is -2.44. The van der Waals surface area contributed by atoms with Crippen LogP contribution in [0, 0.1) is 0 Å². The van der Waals surface area contributed by atoms with Crippen molar-refractivity contribution in [1.29, 1.82) is 0 Å². The van der Waals surface area contributed by atoms with Gasteiger partial charge in [-0.1, -0.05) is 60.1 Å². The van der Waals surface area contributed by atoms with Crippen LogP contribution >= 0.6 is 11.6 Å². The molecule has 26 heavy (non-hydrogen) atoms. The van der Waals surface area contributed by atoms with E-state index in [2.05, 4.69) is 5.32 Å². The second-order valence-electron chi connectivity index (χ2n) is 5.91. The topological polar surface area (TPSA) is 49.4 Å². The summed E-state index contributed by atoms with van der Waals surface area (Å²) in [7, 11) is 0. The molecule has 1 atom stereocenters. The molecule has 0 radical (unpaired) electrons. The van der Waals surface area contributed by atoms with Gasteiger partial charge < -0.3 is 10.2 Å². The number of ketones is 1. The summed E-state index contributed by atoms with van der Waals surface area (Å²) >= 11 is 5.88. The van der Waals surface area contributed by atoms with Crippen molar-refractivity contribution < 1.29 is 9.59 Å². The molecule has 1 heterocycles. The number of carbonyl (C=O) groups excluding carboxylic acids is 2. The second-order valence-corrected chi connectivity index (χ2v) is 6.35. The van der Waals surface area contributed by atoms with Gasteiger partial charge in [0, 0.05) is 23.3 Å². The zero-order valence-corrected chi connectivity index (χ0v) is 15.1. The molecular weight excluding hydrogens is 348 g/mol. The van der Waals surface area contributed by atoms with E-state index in [1.165, 1.54) is 11.0 Å². The average molecular weight is 367 g/mol. The molecule has 2 amide bonds. The molecule has 5 heteroatoms. The van der Waals surface area contributed by atoms with Gasteiger partial charge in [-0.15, -0.1) is 0 Å². The zero-order valence-electron chi connectivity index (χ0n) is 14.4. The fourth-order valence-corrected chi connectivity index (χ4v) is 2.90. The molecule has 0 aliphatic carbocycles. The number of benzene rings is 2. The van der Waals surface area contributed by atoms with E-state index in [9.17, 15) is 9.59 Å². The lowest BCUT2D eigenvalue weighted by molar-refractivity contribution is -0.111. The maximum absolute atomic E-state index is 12.8. The van der Waals surface area contributed by atoms with Crippen molar-refractivity contribution in [2.24, 2.45) is 0 Å². The molecule has 1 aliphatic rings. The lowest BCUT2D eigenvalue weighted by Gasteiger charge is -2.31. The van der Waals surface area contributed by atoms with Crippen LogP contribution in [0.1, 0.15) is 24.1 Å². The van der Waals surface area contributed by atoms with Gasteiger partial charge in [-0.3, -0.25) is 4.79 Å². The standard InChI is InChI=1S/C21H19ClN2O2/c1-2-24-14-18(19(25)13-10-15-8-11-17(22)12-9-15)20(23-21(24)26)16-6-4-3-5-7-16/h3-14,20H,2H2,1H3,(H,23,26). The molecule has 3 rings (SSSR count). The summed E-state index contributed by atoms with van der Waals surface area (Å²) in [5.41, 5.74) is 2.28. The Morgan fingerprint density at radius 3 is 2.50 bits per heavy atom. The van der Waals surface area contributed by atoms with E-state index in [4.69, 9.17) is 11.6 Å². The molecule has 1 aliphatic heterocycles. The first kappa shape index (κ1) is 18.0. The fraction of sp³-hybridized carbons (Fsp3) is 0.143. The van der Waals surface area contributed by atoms with Crippen molar-refractivity contribution >= 4 is 29.5 Å². The van der Waals surface area contributed by atoms with Crippen LogP contribution in [-0.4, -0.2) is 23.3 Å². The van der Waals surface area contributed by atoms with Crippen molar-refractivity contribution in [3.8, 4) is 0 Å². The number of rotatable bonds is 5. The zero-order chi connectivity index (χ0) is 18.5. The molecule has 0 bridgehead atoms. The van der Waals surface area contributed by atoms with E-state index < -0.39 is 6.04 Å². The molecule has 0 aromatic heterocycles. The summed E-state index contributed by atoms with van der Waals surface area (Å²) < 4.78 is 0. The Kier molecular flexibility index (Phi) is 5.54. The van der Waals surface area contributed by atoms with E-state index in [-0.39, 0.29) is 11.8 Å². The summed E-state index contributed by atoms with van der Waals surface area (Å²) in [4.78, 5) is 26.6. The van der Waals surface area contributed by atoms with Crippen LogP contribution in [0.2, 0.25) is 5.02 Å². The summed E-state index contributed by atoms with van der Waals surface area (Å²) in [6, 6.07) is 16.0. The molecule has 1 N–H and O–H groups in total. The molecule has 1 unspecified atom stereocenters. The summed E-state index contributed by atoms with van der Waals surface area (Å²) in [5, 5.41) is 3.56. The number of allylic oxidation sites excluding steroid dienone is 1. The van der Waals surface area contributed by atoms with Crippen molar-refractivity contribution in [2.75, 3.05) is 6.54 Å². The Hall–Kier alpha value is -2.85. The van der Waals surface area contributed by atoms with Crippen molar-refractivity contribution in [3.05, 3.63) is 88.6 Å². The summed E-state index contributed by atoms with van der Waals surface area (Å²) in [6.07, 6.45) is 4.91. The largest absolute Gasteiger partial charge is 0.327 e. The third kappa shape index (κ3) is 4.03. The van der Waals surface area contributed by atoms with Gasteiger partial charge in [0.15, 0.2) is 5.78 Å². The quantitative estimate of drug-likeness (QED) is 0.786. The highest BCUT2D eigenvalue weighted by Gasteiger charge is 2.30. The minimum Gasteiger partial charge on any atom is -0.327 e. The van der Waals surface area contributed by atoms with Gasteiger partial charge in [0.05, 0.1) is 6.04 Å². The van der Waals surface area contributed by atoms with E-state index in [1.54, 1.807) is 24.4 Å². The Morgan fingerprint density at radius 1 is 1.15 bits per heavy atom. The van der Waals surface area contributed by atoms with E-state index in [0.717, 1.165) is 11.1 Å². The molecule has 2 aromatic rings. The Balaban J connectivity index is 1.90. The number of hydrogen-bond donors (Lipinski definition) is 1. The Morgan fingerprint density at radius 2 is 1.85 bits per heavy atom. The van der Waals surface area contributed by atoms with Gasteiger partial charge in [-0.25, -0.2) is 4.79 Å². The lowest BCUT2D eigenvalue weighted by atomic mass is 9.94. The molecule has 4 nitrogen and oxygen atoms in total. The number of hydrogen-bond acceptors (Lipinski definition) is 2. The van der Waals surface area contributed by atoms with Crippen LogP contribution in [0.3, 0.4) is 0 Å². The van der Waals surface area contributed by atoms with Crippen molar-refractivity contribution in [3.63, 3.8) is 0 Å². The Labute approximate surface area is 157 Å². The molecule has 0 fully saturated rings. The summed E-state index contributed by atoms with van der Waals surface area (Å²) in [5.74, 6) is -0.146. The first-order chi connectivity index (χ1) is 12.6. The van der Waals surface area contributed by atoms with Crippen LogP contribution in [-0.2, 0) is 4.79 Å². The van der Waals surface area contributed by atoms with Gasteiger partial charge in [-0.05, 0) is 36.3 Å². The molecule has 2 aromatic carbocycles. The average Bonchev–Trinajstić information content (AvgIpc) is 2.67. The van der Waals surface area contributed by atoms with Gasteiger partial charge in [-0.2, -0.15) is 0 Å². The second kappa shape index (κ2) is 8.02. The molecular formula is C21H19ClN2O2. The van der Waals surface area contributed by atoms with Crippen LogP contribution in [0.15, 0.2) is 72.4 Å². The van der Waals surface area contributed by atoms with Crippen molar-refractivity contribution in [2.45, 2.75) is 13.0 Å². The molecule has 0 spiro atoms. The van der Waals surface area contributed by atoms with E-state index in [1.807, 2.05) is 49.4 Å². The highest BCUT2D eigenvalue weighted by molar-refractivity contribution is 6.30. The third-order valence-electron chi connectivity index (χ3n) is 4.19. The van der Waals surface area contributed by atoms with Crippen LogP contribution in [0.25, 0.3) is 6.08 Å². The van der Waals surface area contributed by atoms with Gasteiger partial charge in [0.1, 0.15) is 0 Å². The fourth-order valence-electron chi connectivity index (χ4n) is 2.78. The van der Waals surface area contributed by atoms with E-state index >= 15 is 0 Å². The number of nitrogens with zero attached hydrogens (tertiary/aromatic N) is 1. The van der Waals surface area contributed by atoms with Gasteiger partial charge in [0.25, 0.3) is 0 Å². The number of carbonyl (C=O) groups is 2. The number of nitrogens with one attached hydrogen (secondary N) is 1. The number of halogens is 1. The minimum absolute atomic E-state index is 0.146. The predicted octanol–water partition coefficient (Wildman–Crippen LogP) is 4.59. The van der Waals surface area contributed by atoms with E-state index in [0.29, 0.717) is 17.1 Å². The van der Waals surface area contributed by atoms with Crippen molar-refractivity contribution in [1.82, 2.24) is 10.2 Å². The van der Waals surface area contributed by atoms with Gasteiger partial charge >= 0.3 is 6.03 Å². The molecule has 0 saturated carbocycles. The van der Waals surface area contributed by atoms with Crippen LogP contribution < -0.4 is 5.32 Å². The summed E-state index contributed by atoms with van der Waals surface area (Å²) in [6.45, 7) is 2.36. The minimum atomic E-state index is -0.464. The maximum atomic E-state index is 12.8. The third-order valence-corrected chi connectivity index (χ3v) is 4.44. The molecule has 0 saturated heterocycles. The normalized spacial score (nSPS) is 17.2. The van der Waals surface area contributed by atoms with Crippen LogP contribution in [0.4, 0.5) is 4.79 Å². The highest BCUT2D eigenvalue weighted by atomic mass is 35.5. The van der Waals surface area contributed by atoms with Gasteiger partial charge in [0.2, 0.25) is 0 Å². The van der Waals surface area contributed by atoms with Crippen LogP contribution in [0.5, 0.6) is 0 Å². The monoisotopic (exact) mass is 366 g/mol. The number of amides is 2. The first-order valence-corrected chi connectivity index (χ1v) is 8.78. The Bertz CT molecular complexity index is 857.